The SMILES string of the molecule is Cc1c(C)c(C)c2c(c1C)c1c(C)c(C)c(C)c(C)c1[n]2[La][c]1ccccc1. The normalized spacial score (nSPS) is 11.4. The summed E-state index contributed by atoms with van der Waals surface area (Å²) in [6, 6.07) is 11.2. The minimum atomic E-state index is -1.43. The van der Waals surface area contributed by atoms with Crippen LogP contribution in [0.1, 0.15) is 44.5 Å². The summed E-state index contributed by atoms with van der Waals surface area (Å²) in [6.07, 6.45) is 0. The molecule has 2 heteroatoms. The summed E-state index contributed by atoms with van der Waals surface area (Å²) < 4.78 is 4.36. The standard InChI is InChI=1S/C20H24N.C6H5.La/c1-9-11(3)15(7)19-17(13(9)5)18-14(6)10(2)12(4)16(8)20(18)21-19;1-2-4-6-5-3-1;/h1-8H3;1-5H;/q-1;;+1. The first-order valence-electron chi connectivity index (χ1n) is 10.2. The van der Waals surface area contributed by atoms with Crippen molar-refractivity contribution in [2.45, 2.75) is 55.4 Å². The number of nitrogens with zero attached hydrogens (tertiary/aromatic N) is 1. The molecule has 0 unspecified atom stereocenters. The van der Waals surface area contributed by atoms with Crippen LogP contribution in [0.4, 0.5) is 0 Å². The zero-order valence-electron chi connectivity index (χ0n) is 18.4. The molecule has 1 nitrogen and oxygen atoms in total. The van der Waals surface area contributed by atoms with Crippen molar-refractivity contribution < 1.29 is 32.2 Å². The molecule has 0 fully saturated rings. The predicted octanol–water partition coefficient (Wildman–Crippen LogP) is 6.44. The third kappa shape index (κ3) is 2.76. The van der Waals surface area contributed by atoms with Crippen molar-refractivity contribution in [3.05, 3.63) is 74.8 Å². The molecule has 0 bridgehead atoms. The Morgan fingerprint density at radius 2 is 0.893 bits per heavy atom. The summed E-state index contributed by atoms with van der Waals surface area (Å²) in [5.41, 5.74) is 14.7. The first-order valence-corrected chi connectivity index (χ1v) is 13.6. The van der Waals surface area contributed by atoms with Crippen molar-refractivity contribution in [2.24, 2.45) is 0 Å². The average Bonchev–Trinajstić information content (AvgIpc) is 3.03. The molecule has 0 amide bonds. The number of hydrogen-bond donors (Lipinski definition) is 0. The van der Waals surface area contributed by atoms with Crippen LogP contribution in [0, 0.1) is 87.6 Å². The quantitative estimate of drug-likeness (QED) is 0.303. The Morgan fingerprint density at radius 3 is 1.32 bits per heavy atom. The third-order valence-electron chi connectivity index (χ3n) is 7.12. The van der Waals surface area contributed by atoms with E-state index in [1.807, 2.05) is 0 Å². The van der Waals surface area contributed by atoms with E-state index in [9.17, 15) is 0 Å². The Kier molecular flexibility index (Phi) is 5.10. The predicted molar refractivity (Wildman–Crippen MR) is 119 cm³/mol. The van der Waals surface area contributed by atoms with Crippen molar-refractivity contribution in [1.82, 2.24) is 1.33 Å². The Balaban J connectivity index is 2.29. The van der Waals surface area contributed by atoms with Crippen molar-refractivity contribution in [3.63, 3.8) is 0 Å². The van der Waals surface area contributed by atoms with Gasteiger partial charge in [0.2, 0.25) is 0 Å². The van der Waals surface area contributed by atoms with Gasteiger partial charge in [-0.3, -0.25) is 0 Å². The second kappa shape index (κ2) is 7.16. The fourth-order valence-corrected chi connectivity index (χ4v) is 9.74. The molecule has 0 aliphatic carbocycles. The van der Waals surface area contributed by atoms with Crippen LogP contribution in [0.5, 0.6) is 0 Å². The molecule has 0 saturated carbocycles. The molecule has 1 aromatic heterocycles. The van der Waals surface area contributed by atoms with Crippen LogP contribution < -0.4 is 1.97 Å². The summed E-state index contributed by atoms with van der Waals surface area (Å²) in [7, 11) is 0. The Labute approximate surface area is 186 Å². The van der Waals surface area contributed by atoms with Crippen LogP contribution in [0.2, 0.25) is 0 Å². The van der Waals surface area contributed by atoms with Gasteiger partial charge in [0.15, 0.2) is 0 Å². The van der Waals surface area contributed by atoms with Gasteiger partial charge < -0.3 is 0 Å². The van der Waals surface area contributed by atoms with Crippen LogP contribution in [0.25, 0.3) is 21.8 Å². The zero-order chi connectivity index (χ0) is 20.3. The molecule has 0 spiro atoms. The summed E-state index contributed by atoms with van der Waals surface area (Å²) in [5.74, 6) is 0. The van der Waals surface area contributed by atoms with E-state index in [-0.39, 0.29) is 0 Å². The van der Waals surface area contributed by atoms with E-state index in [2.05, 4.69) is 87.1 Å². The molecule has 0 saturated heterocycles. The van der Waals surface area contributed by atoms with Crippen molar-refractivity contribution in [2.75, 3.05) is 0 Å². The van der Waals surface area contributed by atoms with Gasteiger partial charge in [-0.2, -0.15) is 0 Å². The van der Waals surface area contributed by atoms with Crippen molar-refractivity contribution in [3.8, 4) is 0 Å². The maximum absolute atomic E-state index is 2.80. The van der Waals surface area contributed by atoms with E-state index in [1.165, 1.54) is 66.3 Å². The van der Waals surface area contributed by atoms with E-state index >= 15 is 0 Å². The first kappa shape index (κ1) is 19.9. The van der Waals surface area contributed by atoms with Crippen LogP contribution in [-0.4, -0.2) is 1.33 Å². The van der Waals surface area contributed by atoms with Gasteiger partial charge in [0.05, 0.1) is 0 Å². The molecule has 1 heterocycles. The molecule has 0 atom stereocenters. The monoisotopic (exact) mass is 494 g/mol. The van der Waals surface area contributed by atoms with Gasteiger partial charge in [-0.05, 0) is 0 Å². The number of rotatable bonds is 2. The fourth-order valence-electron chi connectivity index (χ4n) is 4.73. The summed E-state index contributed by atoms with van der Waals surface area (Å²) in [6.45, 7) is 18.5. The van der Waals surface area contributed by atoms with Gasteiger partial charge in [-0.1, -0.05) is 0 Å². The van der Waals surface area contributed by atoms with E-state index in [0.717, 1.165) is 0 Å². The molecule has 3 aromatic carbocycles. The molecule has 4 rings (SSSR count). The first-order chi connectivity index (χ1) is 13.3. The van der Waals surface area contributed by atoms with Gasteiger partial charge in [-0.15, -0.1) is 0 Å². The van der Waals surface area contributed by atoms with E-state index in [0.29, 0.717) is 0 Å². The van der Waals surface area contributed by atoms with Crippen molar-refractivity contribution in [1.29, 1.82) is 0 Å². The molecular formula is C26H29LaN. The van der Waals surface area contributed by atoms with E-state index < -0.39 is 32.2 Å². The van der Waals surface area contributed by atoms with Crippen molar-refractivity contribution >= 4 is 23.8 Å². The van der Waals surface area contributed by atoms with Gasteiger partial charge in [0.25, 0.3) is 0 Å². The topological polar surface area (TPSA) is 4.93 Å². The second-order valence-corrected chi connectivity index (χ2v) is 12.9. The van der Waals surface area contributed by atoms with Gasteiger partial charge in [0, 0.05) is 0 Å². The third-order valence-corrected chi connectivity index (χ3v) is 11.7. The second-order valence-electron chi connectivity index (χ2n) is 8.36. The van der Waals surface area contributed by atoms with Crippen LogP contribution >= 0.6 is 0 Å². The maximum atomic E-state index is 2.80. The molecule has 28 heavy (non-hydrogen) atoms. The van der Waals surface area contributed by atoms with E-state index in [1.54, 1.807) is 1.97 Å². The molecule has 141 valence electrons. The van der Waals surface area contributed by atoms with Gasteiger partial charge in [-0.25, -0.2) is 0 Å². The molecule has 4 aromatic rings. The Hall–Kier alpha value is -1.35. The van der Waals surface area contributed by atoms with Crippen LogP contribution in [0.15, 0.2) is 30.3 Å². The number of aromatic nitrogens is 1. The number of fused-ring (bicyclic) bond motifs is 3. The summed E-state index contributed by atoms with van der Waals surface area (Å²) in [4.78, 5) is 0. The Morgan fingerprint density at radius 1 is 0.500 bits per heavy atom. The zero-order valence-corrected chi connectivity index (χ0v) is 22.0. The summed E-state index contributed by atoms with van der Waals surface area (Å²) >= 11 is -1.43. The fraction of sp³-hybridized carbons (Fsp3) is 0.308. The molecule has 0 radical (unpaired) electrons. The van der Waals surface area contributed by atoms with E-state index in [4.69, 9.17) is 0 Å². The van der Waals surface area contributed by atoms with Gasteiger partial charge >= 0.3 is 188 Å². The summed E-state index contributed by atoms with van der Waals surface area (Å²) in [5, 5.41) is 3.01. The Bertz CT molecular complexity index is 1170. The number of benzene rings is 3. The molecule has 0 aliphatic rings. The van der Waals surface area contributed by atoms with Gasteiger partial charge in [0.1, 0.15) is 0 Å². The number of hydrogen-bond acceptors (Lipinski definition) is 0. The minimum absolute atomic E-state index is 1.43. The molecule has 0 aliphatic heterocycles. The van der Waals surface area contributed by atoms with Crippen LogP contribution in [0.3, 0.4) is 0 Å². The number of aryl methyl sites for hydroxylation is 4. The average molecular weight is 494 g/mol. The molecule has 0 N–H and O–H groups in total. The molecular weight excluding hydrogens is 465 g/mol. The van der Waals surface area contributed by atoms with Crippen LogP contribution in [-0.2, 0) is 0 Å².